The fourth-order valence-electron chi connectivity index (χ4n) is 2.71. The molecule has 0 saturated heterocycles. The molecule has 134 valence electrons. The maximum Gasteiger partial charge on any atom is 0.261 e. The van der Waals surface area contributed by atoms with E-state index in [1.165, 1.54) is 13.3 Å². The number of nitrogens with one attached hydrogen (secondary N) is 1. The summed E-state index contributed by atoms with van der Waals surface area (Å²) in [5.74, 6) is 0.00561. The first kappa shape index (κ1) is 17.9. The monoisotopic (exact) mass is 371 g/mol. The highest BCUT2D eigenvalue weighted by Crippen LogP contribution is 2.27. The molecule has 6 nitrogen and oxygen atoms in total. The minimum Gasteiger partial charge on any atom is -0.495 e. The van der Waals surface area contributed by atoms with Gasteiger partial charge >= 0.3 is 0 Å². The Morgan fingerprint density at radius 3 is 2.73 bits per heavy atom. The van der Waals surface area contributed by atoms with Crippen LogP contribution in [0.3, 0.4) is 0 Å². The highest BCUT2D eigenvalue weighted by atomic mass is 35.5. The number of amides is 1. The van der Waals surface area contributed by atoms with Crippen molar-refractivity contribution in [2.75, 3.05) is 12.4 Å². The minimum absolute atomic E-state index is 0.0527. The molecule has 1 N–H and O–H groups in total. The highest BCUT2D eigenvalue weighted by Gasteiger charge is 2.16. The molecule has 3 rings (SSSR count). The zero-order valence-corrected chi connectivity index (χ0v) is 15.4. The summed E-state index contributed by atoms with van der Waals surface area (Å²) in [5, 5.41) is 3.49. The molecule has 0 bridgehead atoms. The number of carbonyl (C=O) groups is 1. The standard InChI is InChI=1S/C19H18ClN3O3/c1-4-23-10-14(17(24)13-7-5-11(2)21-18(13)23)19(25)22-12-6-8-16(26-3)15(20)9-12/h5-10H,4H2,1-3H3,(H,22,25). The molecule has 0 atom stereocenters. The Balaban J connectivity index is 2.03. The normalized spacial score (nSPS) is 10.8. The van der Waals surface area contributed by atoms with Gasteiger partial charge in [0.15, 0.2) is 0 Å². The molecule has 1 aromatic carbocycles. The van der Waals surface area contributed by atoms with Gasteiger partial charge in [0.05, 0.1) is 17.5 Å². The molecule has 0 aliphatic carbocycles. The largest absolute Gasteiger partial charge is 0.495 e. The van der Waals surface area contributed by atoms with E-state index < -0.39 is 5.91 Å². The third-order valence-corrected chi connectivity index (χ3v) is 4.35. The third-order valence-electron chi connectivity index (χ3n) is 4.06. The van der Waals surface area contributed by atoms with E-state index in [-0.39, 0.29) is 11.0 Å². The van der Waals surface area contributed by atoms with E-state index in [4.69, 9.17) is 16.3 Å². The van der Waals surface area contributed by atoms with Crippen LogP contribution >= 0.6 is 11.6 Å². The summed E-state index contributed by atoms with van der Waals surface area (Å²) in [5.41, 5.74) is 1.56. The van der Waals surface area contributed by atoms with Crippen molar-refractivity contribution in [3.8, 4) is 5.75 Å². The van der Waals surface area contributed by atoms with Gasteiger partial charge in [-0.05, 0) is 44.2 Å². The average Bonchev–Trinajstić information content (AvgIpc) is 2.62. The maximum atomic E-state index is 12.7. The smallest absolute Gasteiger partial charge is 0.261 e. The van der Waals surface area contributed by atoms with Crippen molar-refractivity contribution in [1.29, 1.82) is 0 Å². The first-order valence-electron chi connectivity index (χ1n) is 8.10. The van der Waals surface area contributed by atoms with Crippen molar-refractivity contribution in [2.24, 2.45) is 0 Å². The van der Waals surface area contributed by atoms with E-state index in [1.54, 1.807) is 34.9 Å². The van der Waals surface area contributed by atoms with Crippen molar-refractivity contribution in [3.63, 3.8) is 0 Å². The zero-order valence-electron chi connectivity index (χ0n) is 14.7. The predicted molar refractivity (Wildman–Crippen MR) is 102 cm³/mol. The molecular weight excluding hydrogens is 354 g/mol. The van der Waals surface area contributed by atoms with Crippen LogP contribution in [0.4, 0.5) is 5.69 Å². The topological polar surface area (TPSA) is 73.2 Å². The molecule has 3 aromatic rings. The Bertz CT molecular complexity index is 1060. The van der Waals surface area contributed by atoms with Crippen molar-refractivity contribution in [1.82, 2.24) is 9.55 Å². The lowest BCUT2D eigenvalue weighted by Gasteiger charge is -2.12. The number of hydrogen-bond donors (Lipinski definition) is 1. The van der Waals surface area contributed by atoms with Gasteiger partial charge < -0.3 is 14.6 Å². The van der Waals surface area contributed by atoms with Gasteiger partial charge in [-0.3, -0.25) is 9.59 Å². The van der Waals surface area contributed by atoms with E-state index >= 15 is 0 Å². The highest BCUT2D eigenvalue weighted by molar-refractivity contribution is 6.32. The van der Waals surface area contributed by atoms with Crippen LogP contribution in [0.1, 0.15) is 23.0 Å². The Hall–Kier alpha value is -2.86. The third kappa shape index (κ3) is 3.28. The summed E-state index contributed by atoms with van der Waals surface area (Å²) in [6.45, 7) is 4.37. The first-order chi connectivity index (χ1) is 12.4. The Morgan fingerprint density at radius 2 is 2.08 bits per heavy atom. The summed E-state index contributed by atoms with van der Waals surface area (Å²) < 4.78 is 6.88. The number of ether oxygens (including phenoxy) is 1. The Kier molecular flexibility index (Phi) is 4.95. The molecular formula is C19H18ClN3O3. The van der Waals surface area contributed by atoms with Gasteiger partial charge in [0.1, 0.15) is 17.0 Å². The number of anilines is 1. The van der Waals surface area contributed by atoms with Gasteiger partial charge in [-0.25, -0.2) is 4.98 Å². The number of aromatic nitrogens is 2. The number of nitrogens with zero attached hydrogens (tertiary/aromatic N) is 2. The van der Waals surface area contributed by atoms with E-state index in [0.29, 0.717) is 34.0 Å². The van der Waals surface area contributed by atoms with Gasteiger partial charge in [-0.15, -0.1) is 0 Å². The average molecular weight is 372 g/mol. The lowest BCUT2D eigenvalue weighted by Crippen LogP contribution is -2.24. The molecule has 7 heteroatoms. The number of rotatable bonds is 4. The molecule has 0 aliphatic rings. The van der Waals surface area contributed by atoms with Crippen LogP contribution in [0.2, 0.25) is 5.02 Å². The van der Waals surface area contributed by atoms with Gasteiger partial charge in [0.25, 0.3) is 5.91 Å². The quantitative estimate of drug-likeness (QED) is 0.759. The molecule has 0 spiro atoms. The Morgan fingerprint density at radius 1 is 1.31 bits per heavy atom. The second kappa shape index (κ2) is 7.17. The zero-order chi connectivity index (χ0) is 18.8. The van der Waals surface area contributed by atoms with Crippen molar-refractivity contribution in [2.45, 2.75) is 20.4 Å². The molecule has 0 radical (unpaired) electrons. The van der Waals surface area contributed by atoms with Gasteiger partial charge in [-0.1, -0.05) is 11.6 Å². The number of methoxy groups -OCH3 is 1. The number of hydrogen-bond acceptors (Lipinski definition) is 4. The Labute approximate surface area is 155 Å². The van der Waals surface area contributed by atoms with Crippen molar-refractivity contribution < 1.29 is 9.53 Å². The van der Waals surface area contributed by atoms with E-state index in [2.05, 4.69) is 10.3 Å². The van der Waals surface area contributed by atoms with Gasteiger partial charge in [0, 0.05) is 24.1 Å². The van der Waals surface area contributed by atoms with E-state index in [0.717, 1.165) is 5.69 Å². The predicted octanol–water partition coefficient (Wildman–Crippen LogP) is 3.64. The van der Waals surface area contributed by atoms with Crippen LogP contribution in [0.25, 0.3) is 11.0 Å². The second-order valence-electron chi connectivity index (χ2n) is 5.79. The summed E-state index contributed by atoms with van der Waals surface area (Å²) >= 11 is 6.08. The van der Waals surface area contributed by atoms with Crippen LogP contribution in [-0.2, 0) is 6.54 Å². The van der Waals surface area contributed by atoms with E-state index in [1.807, 2.05) is 13.8 Å². The second-order valence-corrected chi connectivity index (χ2v) is 6.19. The molecule has 0 aliphatic heterocycles. The first-order valence-corrected chi connectivity index (χ1v) is 8.48. The SMILES string of the molecule is CCn1cc(C(=O)Nc2ccc(OC)c(Cl)c2)c(=O)c2ccc(C)nc21. The fraction of sp³-hybridized carbons (Fsp3) is 0.211. The number of pyridine rings is 2. The van der Waals surface area contributed by atoms with Crippen LogP contribution in [0, 0.1) is 6.92 Å². The molecule has 0 fully saturated rings. The van der Waals surface area contributed by atoms with Gasteiger partial charge in [0.2, 0.25) is 5.43 Å². The number of aryl methyl sites for hydroxylation is 2. The molecule has 0 saturated carbocycles. The van der Waals surface area contributed by atoms with Gasteiger partial charge in [-0.2, -0.15) is 0 Å². The van der Waals surface area contributed by atoms with Crippen LogP contribution < -0.4 is 15.5 Å². The fourth-order valence-corrected chi connectivity index (χ4v) is 2.96. The number of fused-ring (bicyclic) bond motifs is 1. The maximum absolute atomic E-state index is 12.7. The minimum atomic E-state index is -0.499. The van der Waals surface area contributed by atoms with E-state index in [9.17, 15) is 9.59 Å². The van der Waals surface area contributed by atoms with Crippen LogP contribution in [0.5, 0.6) is 5.75 Å². The molecule has 0 unspecified atom stereocenters. The summed E-state index contributed by atoms with van der Waals surface area (Å²) in [6, 6.07) is 8.34. The van der Waals surface area contributed by atoms with Crippen molar-refractivity contribution in [3.05, 3.63) is 63.0 Å². The van der Waals surface area contributed by atoms with Crippen LogP contribution in [0.15, 0.2) is 41.3 Å². The molecule has 26 heavy (non-hydrogen) atoms. The summed E-state index contributed by atoms with van der Waals surface area (Å²) in [4.78, 5) is 29.8. The van der Waals surface area contributed by atoms with Crippen LogP contribution in [-0.4, -0.2) is 22.6 Å². The number of halogens is 1. The van der Waals surface area contributed by atoms with Crippen molar-refractivity contribution >= 4 is 34.2 Å². The molecule has 2 heterocycles. The number of carbonyl (C=O) groups excluding carboxylic acids is 1. The number of benzene rings is 1. The summed E-state index contributed by atoms with van der Waals surface area (Å²) in [7, 11) is 1.51. The lowest BCUT2D eigenvalue weighted by molar-refractivity contribution is 0.102. The lowest BCUT2D eigenvalue weighted by atomic mass is 10.1. The summed E-state index contributed by atoms with van der Waals surface area (Å²) in [6.07, 6.45) is 1.54. The molecule has 1 amide bonds. The molecule has 2 aromatic heterocycles.